The van der Waals surface area contributed by atoms with Crippen LogP contribution < -0.4 is 0 Å². The molecule has 0 saturated heterocycles. The molecule has 0 heterocycles. The molecular weight excluding hydrogens is 286 g/mol. The van der Waals surface area contributed by atoms with Crippen LogP contribution >= 0.6 is 23.4 Å². The van der Waals surface area contributed by atoms with Crippen molar-refractivity contribution in [2.45, 2.75) is 17.7 Å². The van der Waals surface area contributed by atoms with Gasteiger partial charge in [-0.2, -0.15) is 0 Å². The number of thioether (sulfide) groups is 1. The van der Waals surface area contributed by atoms with Crippen LogP contribution in [0.5, 0.6) is 0 Å². The zero-order valence-corrected chi connectivity index (χ0v) is 12.4. The van der Waals surface area contributed by atoms with Crippen molar-refractivity contribution >= 4 is 35.2 Å². The number of aliphatic carboxylic acids is 1. The van der Waals surface area contributed by atoms with Gasteiger partial charge in [-0.25, -0.2) is 0 Å². The minimum atomic E-state index is -0.858. The summed E-state index contributed by atoms with van der Waals surface area (Å²) in [5.41, 5.74) is 0.450. The highest BCUT2D eigenvalue weighted by Gasteiger charge is 2.15. The first-order chi connectivity index (χ1) is 8.95. The fraction of sp³-hybridized carbons (Fsp3) is 0.385. The van der Waals surface area contributed by atoms with Crippen molar-refractivity contribution in [1.82, 2.24) is 4.90 Å². The van der Waals surface area contributed by atoms with Crippen molar-refractivity contribution in [2.75, 3.05) is 19.8 Å². The molecule has 0 aliphatic carbocycles. The fourth-order valence-corrected chi connectivity index (χ4v) is 2.21. The number of carboxylic acid groups (broad SMARTS) is 1. The summed E-state index contributed by atoms with van der Waals surface area (Å²) in [6, 6.07) is 5.31. The van der Waals surface area contributed by atoms with E-state index in [1.54, 1.807) is 19.2 Å². The van der Waals surface area contributed by atoms with Gasteiger partial charge in [0.05, 0.1) is 10.6 Å². The quantitative estimate of drug-likeness (QED) is 0.821. The van der Waals surface area contributed by atoms with E-state index >= 15 is 0 Å². The number of benzene rings is 1. The van der Waals surface area contributed by atoms with E-state index in [4.69, 9.17) is 16.7 Å². The van der Waals surface area contributed by atoms with E-state index in [2.05, 4.69) is 0 Å². The standard InChI is InChI=1S/C13H16ClNO3S/c1-15(7-3-4-12(16)17)13(18)10-8-9(19-2)5-6-11(10)14/h5-6,8H,3-4,7H2,1-2H3,(H,16,17). The van der Waals surface area contributed by atoms with Crippen molar-refractivity contribution in [3.8, 4) is 0 Å². The van der Waals surface area contributed by atoms with Gasteiger partial charge in [-0.05, 0) is 30.9 Å². The normalized spacial score (nSPS) is 10.3. The molecule has 1 amide bonds. The van der Waals surface area contributed by atoms with Crippen LogP contribution in [0.4, 0.5) is 0 Å². The second-order valence-electron chi connectivity index (χ2n) is 4.07. The van der Waals surface area contributed by atoms with Crippen molar-refractivity contribution in [3.05, 3.63) is 28.8 Å². The average molecular weight is 302 g/mol. The number of nitrogens with zero attached hydrogens (tertiary/aromatic N) is 1. The van der Waals surface area contributed by atoms with E-state index in [1.165, 1.54) is 16.7 Å². The molecule has 0 aliphatic rings. The summed E-state index contributed by atoms with van der Waals surface area (Å²) in [6.45, 7) is 0.394. The van der Waals surface area contributed by atoms with Crippen LogP contribution in [-0.2, 0) is 4.79 Å². The van der Waals surface area contributed by atoms with Crippen LogP contribution in [0.2, 0.25) is 5.02 Å². The average Bonchev–Trinajstić information content (AvgIpc) is 2.38. The molecule has 0 aliphatic heterocycles. The zero-order chi connectivity index (χ0) is 14.4. The number of hydrogen-bond donors (Lipinski definition) is 1. The van der Waals surface area contributed by atoms with E-state index in [0.717, 1.165) is 4.90 Å². The van der Waals surface area contributed by atoms with Gasteiger partial charge in [-0.15, -0.1) is 11.8 Å². The summed E-state index contributed by atoms with van der Waals surface area (Å²) in [7, 11) is 1.65. The van der Waals surface area contributed by atoms with Crippen molar-refractivity contribution in [1.29, 1.82) is 0 Å². The molecule has 1 rings (SSSR count). The van der Waals surface area contributed by atoms with Crippen LogP contribution in [0.3, 0.4) is 0 Å². The molecule has 6 heteroatoms. The highest BCUT2D eigenvalue weighted by molar-refractivity contribution is 7.98. The molecule has 1 aromatic rings. The molecule has 0 radical (unpaired) electrons. The maximum atomic E-state index is 12.2. The molecule has 0 unspecified atom stereocenters. The third-order valence-corrected chi connectivity index (χ3v) is 3.69. The van der Waals surface area contributed by atoms with Crippen LogP contribution in [0, 0.1) is 0 Å². The van der Waals surface area contributed by atoms with Gasteiger partial charge < -0.3 is 10.0 Å². The Morgan fingerprint density at radius 1 is 1.42 bits per heavy atom. The lowest BCUT2D eigenvalue weighted by Gasteiger charge is -2.17. The number of amides is 1. The largest absolute Gasteiger partial charge is 0.481 e. The summed E-state index contributed by atoms with van der Waals surface area (Å²) >= 11 is 7.56. The van der Waals surface area contributed by atoms with Crippen molar-refractivity contribution in [3.63, 3.8) is 0 Å². The smallest absolute Gasteiger partial charge is 0.303 e. The Kier molecular flexibility index (Phi) is 6.18. The van der Waals surface area contributed by atoms with Gasteiger partial charge in [0.25, 0.3) is 5.91 Å². The van der Waals surface area contributed by atoms with Gasteiger partial charge in [0.2, 0.25) is 0 Å². The van der Waals surface area contributed by atoms with E-state index in [-0.39, 0.29) is 12.3 Å². The number of carbonyl (C=O) groups is 2. The molecule has 0 bridgehead atoms. The van der Waals surface area contributed by atoms with E-state index in [1.807, 2.05) is 12.3 Å². The molecule has 1 N–H and O–H groups in total. The lowest BCUT2D eigenvalue weighted by Crippen LogP contribution is -2.28. The molecule has 0 aromatic heterocycles. The first kappa shape index (κ1) is 15.9. The number of hydrogen-bond acceptors (Lipinski definition) is 3. The van der Waals surface area contributed by atoms with Crippen LogP contribution in [0.1, 0.15) is 23.2 Å². The molecule has 4 nitrogen and oxygen atoms in total. The van der Waals surface area contributed by atoms with Crippen LogP contribution in [-0.4, -0.2) is 41.7 Å². The predicted octanol–water partition coefficient (Wildman–Crippen LogP) is 3.00. The number of halogens is 1. The Morgan fingerprint density at radius 3 is 2.68 bits per heavy atom. The van der Waals surface area contributed by atoms with Crippen molar-refractivity contribution < 1.29 is 14.7 Å². The topological polar surface area (TPSA) is 57.6 Å². The third kappa shape index (κ3) is 4.76. The lowest BCUT2D eigenvalue weighted by atomic mass is 10.2. The number of rotatable bonds is 6. The molecule has 104 valence electrons. The first-order valence-electron chi connectivity index (χ1n) is 5.76. The molecule has 19 heavy (non-hydrogen) atoms. The second-order valence-corrected chi connectivity index (χ2v) is 5.36. The summed E-state index contributed by atoms with van der Waals surface area (Å²) in [4.78, 5) is 25.1. The minimum Gasteiger partial charge on any atom is -0.481 e. The third-order valence-electron chi connectivity index (χ3n) is 2.63. The fourth-order valence-electron chi connectivity index (χ4n) is 1.57. The highest BCUT2D eigenvalue weighted by Crippen LogP contribution is 2.24. The minimum absolute atomic E-state index is 0.0518. The highest BCUT2D eigenvalue weighted by atomic mass is 35.5. The molecular formula is C13H16ClNO3S. The molecule has 0 fully saturated rings. The predicted molar refractivity (Wildman–Crippen MR) is 77.1 cm³/mol. The summed E-state index contributed by atoms with van der Waals surface area (Å²) in [5, 5.41) is 8.98. The molecule has 0 atom stereocenters. The molecule has 1 aromatic carbocycles. The maximum Gasteiger partial charge on any atom is 0.303 e. The molecule has 0 saturated carbocycles. The van der Waals surface area contributed by atoms with Crippen LogP contribution in [0.15, 0.2) is 23.1 Å². The van der Waals surface area contributed by atoms with Crippen LogP contribution in [0.25, 0.3) is 0 Å². The Bertz CT molecular complexity index is 479. The summed E-state index contributed by atoms with van der Waals surface area (Å²) in [6.07, 6.45) is 2.40. The van der Waals surface area contributed by atoms with Gasteiger partial charge in [-0.1, -0.05) is 11.6 Å². The Morgan fingerprint density at radius 2 is 2.11 bits per heavy atom. The van der Waals surface area contributed by atoms with E-state index < -0.39 is 5.97 Å². The van der Waals surface area contributed by atoms with Gasteiger partial charge >= 0.3 is 5.97 Å². The van der Waals surface area contributed by atoms with E-state index in [9.17, 15) is 9.59 Å². The first-order valence-corrected chi connectivity index (χ1v) is 7.36. The van der Waals surface area contributed by atoms with Gasteiger partial charge in [0.15, 0.2) is 0 Å². The molecule has 0 spiro atoms. The van der Waals surface area contributed by atoms with Gasteiger partial charge in [-0.3, -0.25) is 9.59 Å². The zero-order valence-electron chi connectivity index (χ0n) is 10.9. The lowest BCUT2D eigenvalue weighted by molar-refractivity contribution is -0.137. The van der Waals surface area contributed by atoms with Gasteiger partial charge in [0, 0.05) is 24.9 Å². The van der Waals surface area contributed by atoms with Crippen molar-refractivity contribution in [2.24, 2.45) is 0 Å². The monoisotopic (exact) mass is 301 g/mol. The number of carbonyl (C=O) groups excluding carboxylic acids is 1. The Balaban J connectivity index is 2.73. The summed E-state index contributed by atoms with van der Waals surface area (Å²) < 4.78 is 0. The Hall–Kier alpha value is -1.20. The van der Waals surface area contributed by atoms with E-state index in [0.29, 0.717) is 23.6 Å². The maximum absolute atomic E-state index is 12.2. The van der Waals surface area contributed by atoms with Gasteiger partial charge in [0.1, 0.15) is 0 Å². The second kappa shape index (κ2) is 7.40. The summed E-state index contributed by atoms with van der Waals surface area (Å²) in [5.74, 6) is -1.05. The SMILES string of the molecule is CSc1ccc(Cl)c(C(=O)N(C)CCCC(=O)O)c1. The Labute approximate surface area is 121 Å². The number of carboxylic acids is 1.